The fraction of sp³-hybridized carbons (Fsp3) is 0.667. The number of allylic oxidation sites excluding steroid dienone is 2. The van der Waals surface area contributed by atoms with Gasteiger partial charge in [0, 0.05) is 17.6 Å². The van der Waals surface area contributed by atoms with Crippen LogP contribution in [-0.4, -0.2) is 54.2 Å². The third-order valence-electron chi connectivity index (χ3n) is 8.61. The first-order valence-electron chi connectivity index (χ1n) is 12.3. The van der Waals surface area contributed by atoms with Crippen LogP contribution in [0.4, 0.5) is 0 Å². The molecule has 2 aliphatic heterocycles. The SMILES string of the molecule is C=C1CC[C@@H]2[C@]3(C)COC(C)(C)O[C@@H]3CC[C@@]2(C)[C@@H]1C/C=C1/C(=O)OC[C@H]1OC(=O)/C=C\C(=O)O. The number of carbonyl (C=O) groups excluding carboxylic acids is 2. The van der Waals surface area contributed by atoms with E-state index < -0.39 is 29.8 Å². The van der Waals surface area contributed by atoms with E-state index in [2.05, 4.69) is 20.4 Å². The van der Waals surface area contributed by atoms with Crippen molar-refractivity contribution in [2.75, 3.05) is 13.2 Å². The summed E-state index contributed by atoms with van der Waals surface area (Å²) in [7, 11) is 0. The Morgan fingerprint density at radius 3 is 2.63 bits per heavy atom. The molecule has 0 bridgehead atoms. The monoisotopic (exact) mass is 488 g/mol. The molecule has 0 amide bonds. The Kier molecular flexibility index (Phi) is 6.74. The maximum absolute atomic E-state index is 12.4. The van der Waals surface area contributed by atoms with Crippen molar-refractivity contribution in [2.24, 2.45) is 22.7 Å². The van der Waals surface area contributed by atoms with Crippen molar-refractivity contribution in [3.8, 4) is 0 Å². The molecule has 35 heavy (non-hydrogen) atoms. The van der Waals surface area contributed by atoms with Crippen LogP contribution in [0.15, 0.2) is 36.0 Å². The summed E-state index contributed by atoms with van der Waals surface area (Å²) in [5.74, 6) is -2.64. The van der Waals surface area contributed by atoms with Gasteiger partial charge in [0.05, 0.1) is 18.3 Å². The molecular weight excluding hydrogens is 452 g/mol. The van der Waals surface area contributed by atoms with Crippen LogP contribution >= 0.6 is 0 Å². The first kappa shape index (κ1) is 25.6. The molecule has 4 rings (SSSR count). The van der Waals surface area contributed by atoms with Crippen molar-refractivity contribution in [1.29, 1.82) is 0 Å². The minimum Gasteiger partial charge on any atom is -0.478 e. The van der Waals surface area contributed by atoms with E-state index in [0.717, 1.165) is 31.8 Å². The topological polar surface area (TPSA) is 108 Å². The quantitative estimate of drug-likeness (QED) is 0.352. The van der Waals surface area contributed by atoms with E-state index >= 15 is 0 Å². The molecule has 2 saturated heterocycles. The summed E-state index contributed by atoms with van der Waals surface area (Å²) in [5.41, 5.74) is 1.33. The predicted molar refractivity (Wildman–Crippen MR) is 126 cm³/mol. The van der Waals surface area contributed by atoms with Gasteiger partial charge in [-0.25, -0.2) is 14.4 Å². The summed E-state index contributed by atoms with van der Waals surface area (Å²) >= 11 is 0. The zero-order chi connectivity index (χ0) is 25.6. The highest BCUT2D eigenvalue weighted by atomic mass is 16.7. The first-order chi connectivity index (χ1) is 16.4. The smallest absolute Gasteiger partial charge is 0.337 e. The number of hydrogen-bond donors (Lipinski definition) is 1. The molecule has 4 aliphatic rings. The third kappa shape index (κ3) is 4.83. The van der Waals surface area contributed by atoms with Gasteiger partial charge < -0.3 is 24.1 Å². The van der Waals surface area contributed by atoms with Crippen molar-refractivity contribution < 1.29 is 38.4 Å². The second-order valence-electron chi connectivity index (χ2n) is 11.2. The van der Waals surface area contributed by atoms with Crippen LogP contribution in [0.25, 0.3) is 0 Å². The maximum atomic E-state index is 12.4. The van der Waals surface area contributed by atoms with Crippen LogP contribution in [0.2, 0.25) is 0 Å². The van der Waals surface area contributed by atoms with Gasteiger partial charge in [-0.2, -0.15) is 0 Å². The summed E-state index contributed by atoms with van der Waals surface area (Å²) < 4.78 is 22.9. The zero-order valence-corrected chi connectivity index (χ0v) is 21.0. The number of hydrogen-bond acceptors (Lipinski definition) is 7. The second-order valence-corrected chi connectivity index (χ2v) is 11.2. The lowest BCUT2D eigenvalue weighted by Crippen LogP contribution is -2.62. The minimum atomic E-state index is -1.25. The van der Waals surface area contributed by atoms with E-state index in [1.807, 2.05) is 19.9 Å². The Labute approximate surface area is 206 Å². The van der Waals surface area contributed by atoms with Crippen molar-refractivity contribution in [3.05, 3.63) is 36.0 Å². The largest absolute Gasteiger partial charge is 0.478 e. The van der Waals surface area contributed by atoms with E-state index in [1.54, 1.807) is 0 Å². The van der Waals surface area contributed by atoms with Crippen molar-refractivity contribution in [3.63, 3.8) is 0 Å². The Balaban J connectivity index is 1.53. The minimum absolute atomic E-state index is 0.0370. The van der Waals surface area contributed by atoms with Crippen LogP contribution in [0.3, 0.4) is 0 Å². The number of carboxylic acid groups (broad SMARTS) is 1. The van der Waals surface area contributed by atoms with Crippen molar-refractivity contribution in [1.82, 2.24) is 0 Å². The molecule has 0 spiro atoms. The van der Waals surface area contributed by atoms with E-state index in [4.69, 9.17) is 24.1 Å². The Morgan fingerprint density at radius 1 is 1.17 bits per heavy atom. The van der Waals surface area contributed by atoms with Gasteiger partial charge in [-0.15, -0.1) is 0 Å². The van der Waals surface area contributed by atoms with Crippen molar-refractivity contribution in [2.45, 2.75) is 77.8 Å². The highest BCUT2D eigenvalue weighted by Crippen LogP contribution is 2.63. The molecule has 0 aromatic heterocycles. The number of rotatable bonds is 5. The molecule has 0 aromatic rings. The average molecular weight is 489 g/mol. The van der Waals surface area contributed by atoms with Crippen LogP contribution < -0.4 is 0 Å². The summed E-state index contributed by atoms with van der Waals surface area (Å²) in [5, 5.41) is 8.70. The van der Waals surface area contributed by atoms with E-state index in [0.29, 0.717) is 30.6 Å². The highest BCUT2D eigenvalue weighted by Gasteiger charge is 2.60. The average Bonchev–Trinajstić information content (AvgIpc) is 3.11. The van der Waals surface area contributed by atoms with Gasteiger partial charge in [0.25, 0.3) is 0 Å². The normalized spacial score (nSPS) is 39.7. The predicted octanol–water partition coefficient (Wildman–Crippen LogP) is 3.95. The fourth-order valence-corrected chi connectivity index (χ4v) is 6.83. The maximum Gasteiger partial charge on any atom is 0.337 e. The van der Waals surface area contributed by atoms with E-state index in [-0.39, 0.29) is 29.5 Å². The lowest BCUT2D eigenvalue weighted by Gasteiger charge is -2.63. The van der Waals surface area contributed by atoms with Crippen LogP contribution in [0.1, 0.15) is 59.8 Å². The molecule has 2 heterocycles. The molecule has 2 saturated carbocycles. The van der Waals surface area contributed by atoms with Gasteiger partial charge in [-0.05, 0) is 63.2 Å². The zero-order valence-electron chi connectivity index (χ0n) is 21.0. The molecule has 2 aliphatic carbocycles. The number of carbonyl (C=O) groups is 3. The highest BCUT2D eigenvalue weighted by molar-refractivity contribution is 5.94. The molecule has 8 heteroatoms. The van der Waals surface area contributed by atoms with Gasteiger partial charge in [-0.3, -0.25) is 0 Å². The van der Waals surface area contributed by atoms with Crippen LogP contribution in [0, 0.1) is 22.7 Å². The molecule has 1 N–H and O–H groups in total. The number of fused-ring (bicyclic) bond motifs is 3. The Hall–Kier alpha value is -2.45. The molecule has 192 valence electrons. The second kappa shape index (κ2) is 9.21. The number of cyclic esters (lactones) is 1. The number of esters is 2. The van der Waals surface area contributed by atoms with Crippen LogP contribution in [0.5, 0.6) is 0 Å². The Bertz CT molecular complexity index is 978. The summed E-state index contributed by atoms with van der Waals surface area (Å²) in [6.45, 7) is 13.5. The van der Waals surface area contributed by atoms with Gasteiger partial charge >= 0.3 is 17.9 Å². The molecule has 6 atom stereocenters. The summed E-state index contributed by atoms with van der Waals surface area (Å²) in [6, 6.07) is 0. The van der Waals surface area contributed by atoms with E-state index in [9.17, 15) is 14.4 Å². The number of ether oxygens (including phenoxy) is 4. The van der Waals surface area contributed by atoms with E-state index in [1.165, 1.54) is 5.57 Å². The lowest BCUT2D eigenvalue weighted by molar-refractivity contribution is -0.344. The molecule has 0 aromatic carbocycles. The molecule has 8 nitrogen and oxygen atoms in total. The fourth-order valence-electron chi connectivity index (χ4n) is 6.83. The number of carboxylic acids is 1. The molecule has 0 radical (unpaired) electrons. The Morgan fingerprint density at radius 2 is 1.91 bits per heavy atom. The van der Waals surface area contributed by atoms with Crippen LogP contribution in [-0.2, 0) is 33.3 Å². The first-order valence-corrected chi connectivity index (χ1v) is 12.3. The lowest BCUT2D eigenvalue weighted by atomic mass is 9.46. The van der Waals surface area contributed by atoms with Gasteiger partial charge in [0.15, 0.2) is 11.9 Å². The molecule has 0 unspecified atom stereocenters. The summed E-state index contributed by atoms with van der Waals surface area (Å²) in [6.07, 6.45) is 7.08. The molecule has 4 fully saturated rings. The van der Waals surface area contributed by atoms with Crippen molar-refractivity contribution >= 4 is 17.9 Å². The molecular formula is C27H36O8. The standard InChI is InChI=1S/C27H36O8/c1-16-6-9-20-26(4,13-12-21-27(20,5)15-33-25(2,3)35-21)18(16)8-7-17-19(14-32-24(17)31)34-23(30)11-10-22(28)29/h7,10-11,18-21H,1,6,8-9,12-15H2,2-5H3,(H,28,29)/b11-10-,17-7+/t18-,19-,20+,21-,26+,27+/m1/s1. The number of aliphatic carboxylic acids is 1. The third-order valence-corrected chi connectivity index (χ3v) is 8.61. The van der Waals surface area contributed by atoms with Gasteiger partial charge in [-0.1, -0.05) is 32.1 Å². The van der Waals surface area contributed by atoms with Gasteiger partial charge in [0.2, 0.25) is 0 Å². The van der Waals surface area contributed by atoms with Gasteiger partial charge in [0.1, 0.15) is 6.61 Å². The summed E-state index contributed by atoms with van der Waals surface area (Å²) in [4.78, 5) is 35.0.